The van der Waals surface area contributed by atoms with E-state index in [4.69, 9.17) is 0 Å². The number of hydrogen-bond acceptors (Lipinski definition) is 3. The maximum absolute atomic E-state index is 10.2. The van der Waals surface area contributed by atoms with Crippen LogP contribution in [-0.4, -0.2) is 34.7 Å². The molecule has 0 fully saturated rings. The minimum absolute atomic E-state index is 0.236. The SMILES string of the molecule is CCC(C)CCN(CC)CC(O)c1ccc(O)cc1. The van der Waals surface area contributed by atoms with E-state index in [9.17, 15) is 10.2 Å². The molecule has 0 aliphatic heterocycles. The van der Waals surface area contributed by atoms with Crippen molar-refractivity contribution in [3.63, 3.8) is 0 Å². The molecule has 2 atom stereocenters. The Morgan fingerprint density at radius 3 is 2.32 bits per heavy atom. The lowest BCUT2D eigenvalue weighted by molar-refractivity contribution is 0.112. The number of rotatable bonds is 8. The molecule has 3 nitrogen and oxygen atoms in total. The van der Waals surface area contributed by atoms with Crippen LogP contribution in [0.25, 0.3) is 0 Å². The normalized spacial score (nSPS) is 14.6. The summed E-state index contributed by atoms with van der Waals surface area (Å²) in [5.74, 6) is 0.972. The average molecular weight is 265 g/mol. The van der Waals surface area contributed by atoms with Gasteiger partial charge in [-0.2, -0.15) is 0 Å². The molecule has 0 aliphatic rings. The fraction of sp³-hybridized carbons (Fsp3) is 0.625. The predicted octanol–water partition coefficient (Wildman–Crippen LogP) is 3.18. The van der Waals surface area contributed by atoms with Crippen molar-refractivity contribution in [2.24, 2.45) is 5.92 Å². The van der Waals surface area contributed by atoms with Gasteiger partial charge in [0.2, 0.25) is 0 Å². The molecule has 0 spiro atoms. The Morgan fingerprint density at radius 1 is 1.16 bits per heavy atom. The second-order valence-electron chi connectivity index (χ2n) is 5.30. The van der Waals surface area contributed by atoms with Crippen molar-refractivity contribution in [3.05, 3.63) is 29.8 Å². The molecule has 1 rings (SSSR count). The van der Waals surface area contributed by atoms with Gasteiger partial charge in [-0.05, 0) is 43.1 Å². The summed E-state index contributed by atoms with van der Waals surface area (Å²) in [6.07, 6.45) is 1.89. The number of nitrogens with zero attached hydrogens (tertiary/aromatic N) is 1. The number of hydrogen-bond donors (Lipinski definition) is 2. The number of benzene rings is 1. The molecule has 0 radical (unpaired) electrons. The van der Waals surface area contributed by atoms with Crippen molar-refractivity contribution in [1.29, 1.82) is 0 Å². The number of aliphatic hydroxyl groups is 1. The smallest absolute Gasteiger partial charge is 0.115 e. The van der Waals surface area contributed by atoms with Gasteiger partial charge in [-0.3, -0.25) is 0 Å². The van der Waals surface area contributed by atoms with Crippen molar-refractivity contribution in [2.45, 2.75) is 39.7 Å². The number of phenolic OH excluding ortho intramolecular Hbond substituents is 1. The molecule has 0 bridgehead atoms. The highest BCUT2D eigenvalue weighted by Gasteiger charge is 2.13. The van der Waals surface area contributed by atoms with Crippen LogP contribution in [0.2, 0.25) is 0 Å². The molecule has 0 aromatic heterocycles. The predicted molar refractivity (Wildman–Crippen MR) is 79.3 cm³/mol. The Balaban J connectivity index is 2.48. The van der Waals surface area contributed by atoms with Crippen LogP contribution in [-0.2, 0) is 0 Å². The van der Waals surface area contributed by atoms with Crippen LogP contribution in [0.5, 0.6) is 5.75 Å². The van der Waals surface area contributed by atoms with Crippen molar-refractivity contribution in [1.82, 2.24) is 4.90 Å². The largest absolute Gasteiger partial charge is 0.508 e. The van der Waals surface area contributed by atoms with E-state index in [0.717, 1.165) is 24.6 Å². The summed E-state index contributed by atoms with van der Waals surface area (Å²) in [6, 6.07) is 6.80. The van der Waals surface area contributed by atoms with E-state index in [1.165, 1.54) is 12.8 Å². The fourth-order valence-corrected chi connectivity index (χ4v) is 2.03. The van der Waals surface area contributed by atoms with Crippen LogP contribution in [0.4, 0.5) is 0 Å². The van der Waals surface area contributed by atoms with E-state index >= 15 is 0 Å². The molecule has 2 unspecified atom stereocenters. The lowest BCUT2D eigenvalue weighted by atomic mass is 10.0. The number of aliphatic hydroxyl groups excluding tert-OH is 1. The zero-order valence-corrected chi connectivity index (χ0v) is 12.3. The molecular formula is C16H27NO2. The summed E-state index contributed by atoms with van der Waals surface area (Å²) in [4.78, 5) is 2.28. The molecule has 0 saturated carbocycles. The van der Waals surface area contributed by atoms with Crippen LogP contribution >= 0.6 is 0 Å². The Labute approximate surface area is 116 Å². The number of likely N-dealkylation sites (N-methyl/N-ethyl adjacent to an activating group) is 1. The quantitative estimate of drug-likeness (QED) is 0.758. The van der Waals surface area contributed by atoms with Crippen LogP contribution in [0, 0.1) is 5.92 Å². The van der Waals surface area contributed by atoms with Gasteiger partial charge in [-0.1, -0.05) is 39.3 Å². The lowest BCUT2D eigenvalue weighted by Gasteiger charge is -2.25. The first-order valence-corrected chi connectivity index (χ1v) is 7.26. The molecule has 0 amide bonds. The first-order valence-electron chi connectivity index (χ1n) is 7.26. The number of phenols is 1. The molecule has 2 N–H and O–H groups in total. The minimum atomic E-state index is -0.488. The Hall–Kier alpha value is -1.06. The maximum atomic E-state index is 10.2. The standard InChI is InChI=1S/C16H27NO2/c1-4-13(3)10-11-17(5-2)12-16(19)14-6-8-15(18)9-7-14/h6-9,13,16,18-19H,4-5,10-12H2,1-3H3. The highest BCUT2D eigenvalue weighted by molar-refractivity contribution is 5.27. The second-order valence-corrected chi connectivity index (χ2v) is 5.30. The lowest BCUT2D eigenvalue weighted by Crippen LogP contribution is -2.30. The third-order valence-corrected chi connectivity index (χ3v) is 3.79. The topological polar surface area (TPSA) is 43.7 Å². The van der Waals surface area contributed by atoms with Crippen molar-refractivity contribution in [2.75, 3.05) is 19.6 Å². The third-order valence-electron chi connectivity index (χ3n) is 3.79. The monoisotopic (exact) mass is 265 g/mol. The fourth-order valence-electron chi connectivity index (χ4n) is 2.03. The first kappa shape index (κ1) is 16.0. The highest BCUT2D eigenvalue weighted by Crippen LogP contribution is 2.18. The Kier molecular flexibility index (Phi) is 6.89. The van der Waals surface area contributed by atoms with Crippen molar-refractivity contribution < 1.29 is 10.2 Å². The van der Waals surface area contributed by atoms with E-state index in [0.29, 0.717) is 6.54 Å². The van der Waals surface area contributed by atoms with Gasteiger partial charge < -0.3 is 15.1 Å². The van der Waals surface area contributed by atoms with Gasteiger partial charge in [-0.15, -0.1) is 0 Å². The molecule has 19 heavy (non-hydrogen) atoms. The van der Waals surface area contributed by atoms with Gasteiger partial charge in [0.15, 0.2) is 0 Å². The second kappa shape index (κ2) is 8.18. The molecule has 1 aromatic carbocycles. The van der Waals surface area contributed by atoms with E-state index in [1.807, 2.05) is 0 Å². The zero-order chi connectivity index (χ0) is 14.3. The molecular weight excluding hydrogens is 238 g/mol. The Morgan fingerprint density at radius 2 is 1.79 bits per heavy atom. The van der Waals surface area contributed by atoms with Gasteiger partial charge in [-0.25, -0.2) is 0 Å². The zero-order valence-electron chi connectivity index (χ0n) is 12.3. The van der Waals surface area contributed by atoms with E-state index < -0.39 is 6.10 Å². The molecule has 0 saturated heterocycles. The van der Waals surface area contributed by atoms with Gasteiger partial charge in [0.25, 0.3) is 0 Å². The molecule has 0 heterocycles. The van der Waals surface area contributed by atoms with Crippen LogP contribution in [0.3, 0.4) is 0 Å². The molecule has 3 heteroatoms. The van der Waals surface area contributed by atoms with Crippen molar-refractivity contribution in [3.8, 4) is 5.75 Å². The van der Waals surface area contributed by atoms with Crippen molar-refractivity contribution >= 4 is 0 Å². The van der Waals surface area contributed by atoms with Gasteiger partial charge >= 0.3 is 0 Å². The summed E-state index contributed by atoms with van der Waals surface area (Å²) < 4.78 is 0. The molecule has 108 valence electrons. The maximum Gasteiger partial charge on any atom is 0.115 e. The summed E-state index contributed by atoms with van der Waals surface area (Å²) in [7, 11) is 0. The first-order chi connectivity index (χ1) is 9.06. The summed E-state index contributed by atoms with van der Waals surface area (Å²) in [5, 5.41) is 19.5. The molecule has 1 aromatic rings. The van der Waals surface area contributed by atoms with E-state index in [2.05, 4.69) is 25.7 Å². The van der Waals surface area contributed by atoms with Gasteiger partial charge in [0.1, 0.15) is 5.75 Å². The summed E-state index contributed by atoms with van der Waals surface area (Å²) in [6.45, 7) is 9.24. The van der Waals surface area contributed by atoms with Crippen LogP contribution in [0.15, 0.2) is 24.3 Å². The average Bonchev–Trinajstić information content (AvgIpc) is 2.43. The van der Waals surface area contributed by atoms with Gasteiger partial charge in [0.05, 0.1) is 6.10 Å². The summed E-state index contributed by atoms with van der Waals surface area (Å²) in [5.41, 5.74) is 0.861. The third kappa shape index (κ3) is 5.62. The summed E-state index contributed by atoms with van der Waals surface area (Å²) >= 11 is 0. The Bertz CT molecular complexity index is 350. The molecule has 0 aliphatic carbocycles. The van der Waals surface area contributed by atoms with E-state index in [-0.39, 0.29) is 5.75 Å². The van der Waals surface area contributed by atoms with Crippen LogP contribution in [0.1, 0.15) is 45.3 Å². The van der Waals surface area contributed by atoms with Crippen LogP contribution < -0.4 is 0 Å². The number of aromatic hydroxyl groups is 1. The van der Waals surface area contributed by atoms with E-state index in [1.54, 1.807) is 24.3 Å². The highest BCUT2D eigenvalue weighted by atomic mass is 16.3. The minimum Gasteiger partial charge on any atom is -0.508 e. The van der Waals surface area contributed by atoms with Gasteiger partial charge in [0, 0.05) is 6.54 Å².